The number of hydrogen-bond donors (Lipinski definition) is 1. The molecule has 6 heteroatoms. The Balaban J connectivity index is 1.89. The van der Waals surface area contributed by atoms with E-state index in [1.807, 2.05) is 13.8 Å². The molecule has 2 rings (SSSR count). The van der Waals surface area contributed by atoms with Crippen LogP contribution < -0.4 is 5.32 Å². The Morgan fingerprint density at radius 1 is 1.52 bits per heavy atom. The molecule has 1 aliphatic heterocycles. The molecule has 0 bridgehead atoms. The molecule has 6 nitrogen and oxygen atoms in total. The highest BCUT2D eigenvalue weighted by Crippen LogP contribution is 2.23. The summed E-state index contributed by atoms with van der Waals surface area (Å²) < 4.78 is 18.6. The van der Waals surface area contributed by atoms with Crippen LogP contribution in [0.15, 0.2) is 6.20 Å². The van der Waals surface area contributed by atoms with Crippen molar-refractivity contribution in [2.45, 2.75) is 38.8 Å². The summed E-state index contributed by atoms with van der Waals surface area (Å²) in [4.78, 5) is 4.55. The Bertz CT molecular complexity index is 428. The van der Waals surface area contributed by atoms with E-state index in [0.717, 1.165) is 50.8 Å². The number of nitrogens with zero attached hydrogens (tertiary/aromatic N) is 2. The fraction of sp³-hybridized carbons (Fsp3) is 0.800. The summed E-state index contributed by atoms with van der Waals surface area (Å²) in [6.45, 7) is 8.59. The number of aromatic nitrogens is 2. The van der Waals surface area contributed by atoms with Gasteiger partial charge in [0.1, 0.15) is 5.60 Å². The van der Waals surface area contributed by atoms with Crippen molar-refractivity contribution < 1.29 is 14.2 Å². The molecule has 1 aliphatic rings. The molecule has 0 aliphatic carbocycles. The van der Waals surface area contributed by atoms with Crippen molar-refractivity contribution in [2.24, 2.45) is 0 Å². The third-order valence-electron chi connectivity index (χ3n) is 3.86. The molecule has 1 fully saturated rings. The number of rotatable bonds is 9. The van der Waals surface area contributed by atoms with Crippen LogP contribution >= 0.6 is 0 Å². The maximum Gasteiger partial charge on any atom is 0.203 e. The highest BCUT2D eigenvalue weighted by Gasteiger charge is 2.35. The van der Waals surface area contributed by atoms with Crippen LogP contribution in [-0.4, -0.2) is 55.2 Å². The molecule has 120 valence electrons. The SMILES string of the molecule is CCOCCCn1cc(C)nc1NCC1(OC)CCOC1. The van der Waals surface area contributed by atoms with E-state index in [1.54, 1.807) is 7.11 Å². The predicted octanol–water partition coefficient (Wildman–Crippen LogP) is 1.84. The standard InChI is InChI=1S/C15H27N3O3/c1-4-20-8-5-7-18-10-13(2)17-14(18)16-11-15(19-3)6-9-21-12-15/h10H,4-9,11-12H2,1-3H3,(H,16,17). The van der Waals surface area contributed by atoms with Gasteiger partial charge in [-0.1, -0.05) is 0 Å². The Morgan fingerprint density at radius 3 is 3.05 bits per heavy atom. The van der Waals surface area contributed by atoms with Crippen molar-refractivity contribution in [2.75, 3.05) is 45.4 Å². The first-order chi connectivity index (χ1) is 10.2. The third-order valence-corrected chi connectivity index (χ3v) is 3.86. The fourth-order valence-electron chi connectivity index (χ4n) is 2.54. The fourth-order valence-corrected chi connectivity index (χ4v) is 2.54. The minimum atomic E-state index is -0.226. The smallest absolute Gasteiger partial charge is 0.203 e. The Labute approximate surface area is 126 Å². The third kappa shape index (κ3) is 4.43. The van der Waals surface area contributed by atoms with E-state index in [0.29, 0.717) is 13.2 Å². The van der Waals surface area contributed by atoms with Gasteiger partial charge in [0.15, 0.2) is 0 Å². The number of nitrogens with one attached hydrogen (secondary N) is 1. The minimum Gasteiger partial charge on any atom is -0.382 e. The molecule has 0 amide bonds. The van der Waals surface area contributed by atoms with E-state index in [4.69, 9.17) is 14.2 Å². The summed E-state index contributed by atoms with van der Waals surface area (Å²) in [6, 6.07) is 0. The average Bonchev–Trinajstić information content (AvgIpc) is 3.09. The van der Waals surface area contributed by atoms with Crippen molar-refractivity contribution in [3.8, 4) is 0 Å². The van der Waals surface area contributed by atoms with Gasteiger partial charge in [-0.15, -0.1) is 0 Å². The number of methoxy groups -OCH3 is 1. The van der Waals surface area contributed by atoms with E-state index < -0.39 is 0 Å². The van der Waals surface area contributed by atoms with Crippen molar-refractivity contribution in [3.63, 3.8) is 0 Å². The van der Waals surface area contributed by atoms with Crippen LogP contribution in [-0.2, 0) is 20.8 Å². The van der Waals surface area contributed by atoms with E-state index in [-0.39, 0.29) is 5.60 Å². The lowest BCUT2D eigenvalue weighted by Crippen LogP contribution is -2.40. The van der Waals surface area contributed by atoms with Crippen molar-refractivity contribution >= 4 is 5.95 Å². The zero-order valence-corrected chi connectivity index (χ0v) is 13.4. The largest absolute Gasteiger partial charge is 0.382 e. The first-order valence-corrected chi connectivity index (χ1v) is 7.67. The van der Waals surface area contributed by atoms with Crippen molar-refractivity contribution in [3.05, 3.63) is 11.9 Å². The first kappa shape index (κ1) is 16.3. The number of anilines is 1. The molecule has 2 heterocycles. The topological polar surface area (TPSA) is 57.5 Å². The van der Waals surface area contributed by atoms with Gasteiger partial charge >= 0.3 is 0 Å². The molecule has 1 aromatic rings. The Hall–Kier alpha value is -1.11. The van der Waals surface area contributed by atoms with Crippen molar-refractivity contribution in [1.82, 2.24) is 9.55 Å². The molecule has 1 N–H and O–H groups in total. The van der Waals surface area contributed by atoms with Crippen LogP contribution in [0.3, 0.4) is 0 Å². The van der Waals surface area contributed by atoms with Crippen LogP contribution in [0.4, 0.5) is 5.95 Å². The van der Waals surface area contributed by atoms with E-state index in [9.17, 15) is 0 Å². The highest BCUT2D eigenvalue weighted by atomic mass is 16.5. The molecular weight excluding hydrogens is 270 g/mol. The minimum absolute atomic E-state index is 0.226. The molecule has 1 saturated heterocycles. The van der Waals surface area contributed by atoms with Gasteiger partial charge in [-0.05, 0) is 20.3 Å². The van der Waals surface area contributed by atoms with E-state index >= 15 is 0 Å². The van der Waals surface area contributed by atoms with E-state index in [1.165, 1.54) is 0 Å². The highest BCUT2D eigenvalue weighted by molar-refractivity contribution is 5.29. The quantitative estimate of drug-likeness (QED) is 0.705. The lowest BCUT2D eigenvalue weighted by molar-refractivity contribution is -0.00635. The number of imidazole rings is 1. The van der Waals surface area contributed by atoms with Crippen LogP contribution in [0.25, 0.3) is 0 Å². The first-order valence-electron chi connectivity index (χ1n) is 7.67. The zero-order chi connectivity index (χ0) is 15.1. The Kier molecular flexibility index (Phi) is 6.02. The second-order valence-corrected chi connectivity index (χ2v) is 5.49. The van der Waals surface area contributed by atoms with Gasteiger partial charge in [-0.3, -0.25) is 0 Å². The van der Waals surface area contributed by atoms with Crippen LogP contribution in [0.1, 0.15) is 25.5 Å². The summed E-state index contributed by atoms with van der Waals surface area (Å²) in [7, 11) is 1.75. The van der Waals surface area contributed by atoms with Gasteiger partial charge in [-0.25, -0.2) is 4.98 Å². The van der Waals surface area contributed by atoms with Crippen LogP contribution in [0, 0.1) is 6.92 Å². The maximum absolute atomic E-state index is 5.64. The molecule has 0 aromatic carbocycles. The molecule has 0 spiro atoms. The molecule has 1 aromatic heterocycles. The van der Waals surface area contributed by atoms with Crippen LogP contribution in [0.5, 0.6) is 0 Å². The summed E-state index contributed by atoms with van der Waals surface area (Å²) in [5, 5.41) is 3.41. The predicted molar refractivity (Wildman–Crippen MR) is 81.7 cm³/mol. The molecule has 0 saturated carbocycles. The summed E-state index contributed by atoms with van der Waals surface area (Å²) in [5.74, 6) is 0.896. The van der Waals surface area contributed by atoms with Gasteiger partial charge in [-0.2, -0.15) is 0 Å². The van der Waals surface area contributed by atoms with Gasteiger partial charge in [0.25, 0.3) is 0 Å². The monoisotopic (exact) mass is 297 g/mol. The second kappa shape index (κ2) is 7.77. The Morgan fingerprint density at radius 2 is 2.38 bits per heavy atom. The lowest BCUT2D eigenvalue weighted by Gasteiger charge is -2.26. The molecule has 0 radical (unpaired) electrons. The van der Waals surface area contributed by atoms with Gasteiger partial charge in [0.2, 0.25) is 5.95 Å². The summed E-state index contributed by atoms with van der Waals surface area (Å²) in [6.07, 6.45) is 3.97. The normalized spacial score (nSPS) is 21.9. The summed E-state index contributed by atoms with van der Waals surface area (Å²) in [5.41, 5.74) is 0.791. The maximum atomic E-state index is 5.64. The number of aryl methyl sites for hydroxylation is 2. The average molecular weight is 297 g/mol. The van der Waals surface area contributed by atoms with Crippen molar-refractivity contribution in [1.29, 1.82) is 0 Å². The molecule has 1 atom stereocenters. The van der Waals surface area contributed by atoms with Crippen LogP contribution in [0.2, 0.25) is 0 Å². The number of ether oxygens (including phenoxy) is 3. The zero-order valence-electron chi connectivity index (χ0n) is 13.4. The van der Waals surface area contributed by atoms with Gasteiger partial charge in [0.05, 0.1) is 12.3 Å². The molecular formula is C15H27N3O3. The lowest BCUT2D eigenvalue weighted by atomic mass is 10.0. The van der Waals surface area contributed by atoms with E-state index in [2.05, 4.69) is 21.1 Å². The number of hydrogen-bond acceptors (Lipinski definition) is 5. The molecule has 1 unspecified atom stereocenters. The van der Waals surface area contributed by atoms with Gasteiger partial charge in [0, 0.05) is 52.6 Å². The molecule has 21 heavy (non-hydrogen) atoms. The van der Waals surface area contributed by atoms with Gasteiger partial charge < -0.3 is 24.1 Å². The summed E-state index contributed by atoms with van der Waals surface area (Å²) >= 11 is 0. The second-order valence-electron chi connectivity index (χ2n) is 5.49.